The van der Waals surface area contributed by atoms with Gasteiger partial charge in [0.1, 0.15) is 23.1 Å². The molecule has 0 N–H and O–H groups in total. The molecule has 0 heterocycles. The minimum atomic E-state index is -4.40. The number of benzene rings is 2. The Hall–Kier alpha value is -2.48. The molecule has 0 aromatic heterocycles. The number of aryl methyl sites for hydroxylation is 1. The number of rotatable bonds is 6. The van der Waals surface area contributed by atoms with Gasteiger partial charge in [0, 0.05) is 0 Å². The van der Waals surface area contributed by atoms with Gasteiger partial charge in [-0.2, -0.15) is 0 Å². The SMILES string of the molecule is CCOC(=O)CN(c1ccc(F)cc1)S(=O)(=O)c1cc(C)ccc1F. The molecule has 0 aliphatic heterocycles. The van der Waals surface area contributed by atoms with E-state index >= 15 is 0 Å². The number of sulfonamides is 1. The Bertz CT molecular complexity index is 867. The molecular formula is C17H17F2NO4S. The number of anilines is 1. The molecule has 0 radical (unpaired) electrons. The van der Waals surface area contributed by atoms with Crippen LogP contribution in [0.4, 0.5) is 14.5 Å². The second kappa shape index (κ2) is 7.60. The molecule has 0 saturated carbocycles. The highest BCUT2D eigenvalue weighted by atomic mass is 32.2. The van der Waals surface area contributed by atoms with Crippen molar-refractivity contribution in [2.24, 2.45) is 0 Å². The van der Waals surface area contributed by atoms with Crippen LogP contribution in [0.3, 0.4) is 0 Å². The zero-order valence-corrected chi connectivity index (χ0v) is 14.5. The molecule has 25 heavy (non-hydrogen) atoms. The van der Waals surface area contributed by atoms with Gasteiger partial charge in [0.25, 0.3) is 10.0 Å². The summed E-state index contributed by atoms with van der Waals surface area (Å²) in [6.45, 7) is 2.60. The van der Waals surface area contributed by atoms with E-state index in [1.54, 1.807) is 13.8 Å². The van der Waals surface area contributed by atoms with Crippen molar-refractivity contribution in [1.29, 1.82) is 0 Å². The fraction of sp³-hybridized carbons (Fsp3) is 0.235. The van der Waals surface area contributed by atoms with E-state index in [9.17, 15) is 22.0 Å². The van der Waals surface area contributed by atoms with E-state index in [1.165, 1.54) is 24.3 Å². The van der Waals surface area contributed by atoms with Gasteiger partial charge in [-0.15, -0.1) is 0 Å². The third-order valence-electron chi connectivity index (χ3n) is 3.35. The highest BCUT2D eigenvalue weighted by molar-refractivity contribution is 7.92. The van der Waals surface area contributed by atoms with Crippen molar-refractivity contribution in [3.8, 4) is 0 Å². The lowest BCUT2D eigenvalue weighted by Crippen LogP contribution is -2.37. The van der Waals surface area contributed by atoms with Gasteiger partial charge >= 0.3 is 5.97 Å². The fourth-order valence-electron chi connectivity index (χ4n) is 2.17. The number of carbonyl (C=O) groups is 1. The smallest absolute Gasteiger partial charge is 0.326 e. The Morgan fingerprint density at radius 2 is 1.76 bits per heavy atom. The van der Waals surface area contributed by atoms with Crippen molar-refractivity contribution >= 4 is 21.7 Å². The van der Waals surface area contributed by atoms with Gasteiger partial charge in [-0.05, 0) is 55.8 Å². The maximum absolute atomic E-state index is 14.1. The van der Waals surface area contributed by atoms with Crippen molar-refractivity contribution < 1.29 is 26.7 Å². The molecule has 0 fully saturated rings. The Labute approximate surface area is 144 Å². The molecule has 0 saturated heterocycles. The first-order chi connectivity index (χ1) is 11.8. The summed E-state index contributed by atoms with van der Waals surface area (Å²) in [5, 5.41) is 0. The maximum atomic E-state index is 14.1. The van der Waals surface area contributed by atoms with Crippen LogP contribution in [0.5, 0.6) is 0 Å². The molecule has 0 aliphatic rings. The number of ether oxygens (including phenoxy) is 1. The van der Waals surface area contributed by atoms with Crippen LogP contribution in [-0.2, 0) is 19.6 Å². The summed E-state index contributed by atoms with van der Waals surface area (Å²) >= 11 is 0. The van der Waals surface area contributed by atoms with Gasteiger partial charge in [0.15, 0.2) is 0 Å². The molecule has 5 nitrogen and oxygen atoms in total. The predicted molar refractivity (Wildman–Crippen MR) is 88.7 cm³/mol. The first-order valence-corrected chi connectivity index (χ1v) is 8.89. The fourth-order valence-corrected chi connectivity index (χ4v) is 3.73. The predicted octanol–water partition coefficient (Wildman–Crippen LogP) is 3.03. The van der Waals surface area contributed by atoms with E-state index in [0.29, 0.717) is 9.87 Å². The molecule has 8 heteroatoms. The van der Waals surface area contributed by atoms with Crippen LogP contribution >= 0.6 is 0 Å². The van der Waals surface area contributed by atoms with E-state index in [-0.39, 0.29) is 12.3 Å². The topological polar surface area (TPSA) is 63.7 Å². The molecule has 2 aromatic carbocycles. The monoisotopic (exact) mass is 369 g/mol. The van der Waals surface area contributed by atoms with Crippen LogP contribution in [0, 0.1) is 18.6 Å². The summed E-state index contributed by atoms with van der Waals surface area (Å²) in [4.78, 5) is 11.3. The summed E-state index contributed by atoms with van der Waals surface area (Å²) in [6.07, 6.45) is 0. The molecule has 0 spiro atoms. The number of esters is 1. The van der Waals surface area contributed by atoms with Crippen LogP contribution in [0.15, 0.2) is 47.4 Å². The lowest BCUT2D eigenvalue weighted by atomic mass is 10.2. The largest absolute Gasteiger partial charge is 0.465 e. The number of nitrogens with zero attached hydrogens (tertiary/aromatic N) is 1. The summed E-state index contributed by atoms with van der Waals surface area (Å²) in [5.41, 5.74) is 0.561. The maximum Gasteiger partial charge on any atom is 0.326 e. The van der Waals surface area contributed by atoms with Crippen molar-refractivity contribution in [3.63, 3.8) is 0 Å². The molecular weight excluding hydrogens is 352 g/mol. The van der Waals surface area contributed by atoms with Crippen LogP contribution in [-0.4, -0.2) is 27.5 Å². The lowest BCUT2D eigenvalue weighted by molar-refractivity contribution is -0.141. The summed E-state index contributed by atoms with van der Waals surface area (Å²) in [6, 6.07) is 8.13. The average molecular weight is 369 g/mol. The number of halogens is 2. The molecule has 0 aliphatic carbocycles. The summed E-state index contributed by atoms with van der Waals surface area (Å²) in [7, 11) is -4.40. The average Bonchev–Trinajstić information content (AvgIpc) is 2.56. The molecule has 0 amide bonds. The van der Waals surface area contributed by atoms with Crippen LogP contribution in [0.25, 0.3) is 0 Å². The summed E-state index contributed by atoms with van der Waals surface area (Å²) in [5.74, 6) is -2.32. The molecule has 2 rings (SSSR count). The zero-order valence-electron chi connectivity index (χ0n) is 13.7. The van der Waals surface area contributed by atoms with Crippen LogP contribution in [0.1, 0.15) is 12.5 Å². The van der Waals surface area contributed by atoms with E-state index in [4.69, 9.17) is 4.74 Å². The van der Waals surface area contributed by atoms with Gasteiger partial charge in [-0.3, -0.25) is 9.10 Å². The number of hydrogen-bond donors (Lipinski definition) is 0. The molecule has 0 unspecified atom stereocenters. The normalized spacial score (nSPS) is 11.2. The number of hydrogen-bond acceptors (Lipinski definition) is 4. The molecule has 2 aromatic rings. The first kappa shape index (κ1) is 18.9. The Morgan fingerprint density at radius 3 is 2.36 bits per heavy atom. The highest BCUT2D eigenvalue weighted by Crippen LogP contribution is 2.26. The quantitative estimate of drug-likeness (QED) is 0.735. The van der Waals surface area contributed by atoms with E-state index < -0.39 is 39.1 Å². The van der Waals surface area contributed by atoms with Crippen molar-refractivity contribution in [3.05, 3.63) is 59.7 Å². The number of carbonyl (C=O) groups excluding carboxylic acids is 1. The molecule has 134 valence electrons. The third-order valence-corrected chi connectivity index (χ3v) is 5.14. The minimum Gasteiger partial charge on any atom is -0.465 e. The van der Waals surface area contributed by atoms with Gasteiger partial charge in [-0.25, -0.2) is 17.2 Å². The van der Waals surface area contributed by atoms with Gasteiger partial charge < -0.3 is 4.74 Å². The van der Waals surface area contributed by atoms with Crippen LogP contribution < -0.4 is 4.31 Å². The summed E-state index contributed by atoms with van der Waals surface area (Å²) < 4.78 is 58.6. The Balaban J connectivity index is 2.54. The standard InChI is InChI=1S/C17H17F2NO4S/c1-3-24-17(21)11-20(14-7-5-13(18)6-8-14)25(22,23)16-10-12(2)4-9-15(16)19/h4-10H,3,11H2,1-2H3. The van der Waals surface area contributed by atoms with Gasteiger partial charge in [0.05, 0.1) is 12.3 Å². The van der Waals surface area contributed by atoms with E-state index in [1.807, 2.05) is 0 Å². The molecule has 0 atom stereocenters. The van der Waals surface area contributed by atoms with Gasteiger partial charge in [0.2, 0.25) is 0 Å². The Morgan fingerprint density at radius 1 is 1.12 bits per heavy atom. The second-order valence-corrected chi connectivity index (χ2v) is 7.06. The van der Waals surface area contributed by atoms with Crippen molar-refractivity contribution in [2.45, 2.75) is 18.7 Å². The third kappa shape index (κ3) is 4.33. The van der Waals surface area contributed by atoms with E-state index in [0.717, 1.165) is 18.2 Å². The zero-order chi connectivity index (χ0) is 18.6. The van der Waals surface area contributed by atoms with Gasteiger partial charge in [-0.1, -0.05) is 6.07 Å². The molecule has 0 bridgehead atoms. The highest BCUT2D eigenvalue weighted by Gasteiger charge is 2.30. The Kier molecular flexibility index (Phi) is 5.73. The first-order valence-electron chi connectivity index (χ1n) is 7.45. The van der Waals surface area contributed by atoms with E-state index in [2.05, 4.69) is 0 Å². The van der Waals surface area contributed by atoms with Crippen molar-refractivity contribution in [2.75, 3.05) is 17.5 Å². The van der Waals surface area contributed by atoms with Crippen LogP contribution in [0.2, 0.25) is 0 Å². The second-order valence-electron chi connectivity index (χ2n) is 5.23. The van der Waals surface area contributed by atoms with Crippen molar-refractivity contribution in [1.82, 2.24) is 0 Å². The lowest BCUT2D eigenvalue weighted by Gasteiger charge is -2.24. The minimum absolute atomic E-state index is 0.0235.